The molecule has 29 heavy (non-hydrogen) atoms. The molecule has 3 aromatic rings. The van der Waals surface area contributed by atoms with E-state index in [2.05, 4.69) is 33.2 Å². The predicted molar refractivity (Wildman–Crippen MR) is 118 cm³/mol. The van der Waals surface area contributed by atoms with Crippen LogP contribution < -0.4 is 15.0 Å². The summed E-state index contributed by atoms with van der Waals surface area (Å²) in [5.74, 6) is 1.75. The van der Waals surface area contributed by atoms with Gasteiger partial charge in [0.1, 0.15) is 22.7 Å². The summed E-state index contributed by atoms with van der Waals surface area (Å²) < 4.78 is 5.46. The standard InChI is InChI=1S/C22H26N4O2S/c1-3-18-12-19-20(23-14-24-22(19)29-18)26-11-5-6-15(13-26)21(27)25-16-7-9-17(10-8-16)28-4-2/h7-10,12,14-15H,3-6,11,13H2,1-2H3,(H,25,27). The van der Waals surface area contributed by atoms with Crippen molar-refractivity contribution in [2.45, 2.75) is 33.1 Å². The van der Waals surface area contributed by atoms with Crippen LogP contribution in [0.5, 0.6) is 5.75 Å². The van der Waals surface area contributed by atoms with Crippen LogP contribution in [0.3, 0.4) is 0 Å². The van der Waals surface area contributed by atoms with E-state index in [1.165, 1.54) is 4.88 Å². The van der Waals surface area contributed by atoms with Crippen molar-refractivity contribution >= 4 is 39.0 Å². The largest absolute Gasteiger partial charge is 0.494 e. The second kappa shape index (κ2) is 8.78. The molecule has 4 rings (SSSR count). The summed E-state index contributed by atoms with van der Waals surface area (Å²) in [5.41, 5.74) is 0.797. The molecule has 7 heteroatoms. The Balaban J connectivity index is 1.47. The Bertz CT molecular complexity index is 986. The van der Waals surface area contributed by atoms with E-state index in [1.807, 2.05) is 31.2 Å². The first-order valence-electron chi connectivity index (χ1n) is 10.2. The highest BCUT2D eigenvalue weighted by atomic mass is 32.1. The maximum absolute atomic E-state index is 12.9. The summed E-state index contributed by atoms with van der Waals surface area (Å²) in [6.45, 7) is 6.32. The van der Waals surface area contributed by atoms with E-state index in [0.717, 1.165) is 53.3 Å². The smallest absolute Gasteiger partial charge is 0.229 e. The minimum Gasteiger partial charge on any atom is -0.494 e. The summed E-state index contributed by atoms with van der Waals surface area (Å²) in [6.07, 6.45) is 4.49. The molecule has 1 saturated heterocycles. The van der Waals surface area contributed by atoms with Gasteiger partial charge in [-0.3, -0.25) is 4.79 Å². The van der Waals surface area contributed by atoms with E-state index in [1.54, 1.807) is 17.7 Å². The van der Waals surface area contributed by atoms with Crippen LogP contribution in [0.2, 0.25) is 0 Å². The summed E-state index contributed by atoms with van der Waals surface area (Å²) in [7, 11) is 0. The van der Waals surface area contributed by atoms with Gasteiger partial charge in [-0.15, -0.1) is 11.3 Å². The number of nitrogens with one attached hydrogen (secondary N) is 1. The number of aryl methyl sites for hydroxylation is 1. The fraction of sp³-hybridized carbons (Fsp3) is 0.409. The number of thiophene rings is 1. The van der Waals surface area contributed by atoms with Crippen LogP contribution in [0, 0.1) is 5.92 Å². The van der Waals surface area contributed by atoms with E-state index in [-0.39, 0.29) is 11.8 Å². The predicted octanol–water partition coefficient (Wildman–Crippen LogP) is 4.51. The number of carbonyl (C=O) groups excluding carboxylic acids is 1. The van der Waals surface area contributed by atoms with Crippen LogP contribution in [0.15, 0.2) is 36.7 Å². The average molecular weight is 411 g/mol. The van der Waals surface area contributed by atoms with E-state index < -0.39 is 0 Å². The molecule has 3 heterocycles. The number of aromatic nitrogens is 2. The molecule has 1 aliphatic heterocycles. The van der Waals surface area contributed by atoms with Crippen LogP contribution in [0.4, 0.5) is 11.5 Å². The van der Waals surface area contributed by atoms with Crippen LogP contribution in [0.1, 0.15) is 31.6 Å². The molecular formula is C22H26N4O2S. The third-order valence-electron chi connectivity index (χ3n) is 5.23. The number of hydrogen-bond acceptors (Lipinski definition) is 6. The van der Waals surface area contributed by atoms with Gasteiger partial charge in [0.05, 0.1) is 17.9 Å². The molecular weight excluding hydrogens is 384 g/mol. The molecule has 152 valence electrons. The lowest BCUT2D eigenvalue weighted by atomic mass is 9.97. The number of hydrogen-bond donors (Lipinski definition) is 1. The molecule has 1 aliphatic rings. The summed E-state index contributed by atoms with van der Waals surface area (Å²) in [4.78, 5) is 26.4. The fourth-order valence-electron chi connectivity index (χ4n) is 3.75. The van der Waals surface area contributed by atoms with Crippen molar-refractivity contribution in [1.29, 1.82) is 0 Å². The molecule has 6 nitrogen and oxygen atoms in total. The molecule has 0 radical (unpaired) electrons. The van der Waals surface area contributed by atoms with E-state index in [0.29, 0.717) is 13.2 Å². The first-order chi connectivity index (χ1) is 14.2. The van der Waals surface area contributed by atoms with Crippen molar-refractivity contribution in [2.24, 2.45) is 5.92 Å². The highest BCUT2D eigenvalue weighted by molar-refractivity contribution is 7.18. The lowest BCUT2D eigenvalue weighted by Crippen LogP contribution is -2.41. The average Bonchev–Trinajstić information content (AvgIpc) is 3.19. The topological polar surface area (TPSA) is 67.3 Å². The molecule has 1 amide bonds. The minimum atomic E-state index is -0.0652. The lowest BCUT2D eigenvalue weighted by Gasteiger charge is -2.33. The molecule has 1 N–H and O–H groups in total. The maximum Gasteiger partial charge on any atom is 0.229 e. The van der Waals surface area contributed by atoms with Gasteiger partial charge in [-0.1, -0.05) is 6.92 Å². The zero-order chi connectivity index (χ0) is 20.2. The van der Waals surface area contributed by atoms with Crippen molar-refractivity contribution in [3.8, 4) is 5.75 Å². The third kappa shape index (κ3) is 4.34. The number of benzene rings is 1. The van der Waals surface area contributed by atoms with Crippen molar-refractivity contribution in [2.75, 3.05) is 29.9 Å². The van der Waals surface area contributed by atoms with Crippen LogP contribution >= 0.6 is 11.3 Å². The first kappa shape index (κ1) is 19.6. The van der Waals surface area contributed by atoms with Crippen molar-refractivity contribution < 1.29 is 9.53 Å². The Kier molecular flexibility index (Phi) is 5.94. The number of rotatable bonds is 6. The quantitative estimate of drug-likeness (QED) is 0.648. The van der Waals surface area contributed by atoms with Gasteiger partial charge >= 0.3 is 0 Å². The van der Waals surface area contributed by atoms with E-state index >= 15 is 0 Å². The van der Waals surface area contributed by atoms with Crippen LogP contribution in [-0.4, -0.2) is 35.6 Å². The fourth-order valence-corrected chi connectivity index (χ4v) is 4.68. The zero-order valence-electron chi connectivity index (χ0n) is 16.9. The van der Waals surface area contributed by atoms with Gasteiger partial charge in [0.2, 0.25) is 5.91 Å². The second-order valence-corrected chi connectivity index (χ2v) is 8.33. The number of anilines is 2. The summed E-state index contributed by atoms with van der Waals surface area (Å²) >= 11 is 1.72. The molecule has 2 aromatic heterocycles. The highest BCUT2D eigenvalue weighted by Gasteiger charge is 2.28. The van der Waals surface area contributed by atoms with Gasteiger partial charge < -0.3 is 15.0 Å². The summed E-state index contributed by atoms with van der Waals surface area (Å²) in [5, 5.41) is 4.15. The Morgan fingerprint density at radius 1 is 1.28 bits per heavy atom. The van der Waals surface area contributed by atoms with Gasteiger partial charge in [-0.25, -0.2) is 9.97 Å². The molecule has 1 fully saturated rings. The Morgan fingerprint density at radius 2 is 2.10 bits per heavy atom. The lowest BCUT2D eigenvalue weighted by molar-refractivity contribution is -0.120. The SMILES string of the molecule is CCOc1ccc(NC(=O)C2CCCN(c3ncnc4sc(CC)cc34)C2)cc1. The number of piperidine rings is 1. The van der Waals surface area contributed by atoms with Gasteiger partial charge in [-0.05, 0) is 56.5 Å². The van der Waals surface area contributed by atoms with Crippen LogP contribution in [-0.2, 0) is 11.2 Å². The molecule has 1 unspecified atom stereocenters. The summed E-state index contributed by atoms with van der Waals surface area (Å²) in [6, 6.07) is 9.72. The van der Waals surface area contributed by atoms with Gasteiger partial charge in [0.15, 0.2) is 0 Å². The van der Waals surface area contributed by atoms with Crippen LogP contribution in [0.25, 0.3) is 10.2 Å². The normalized spacial score (nSPS) is 16.8. The van der Waals surface area contributed by atoms with E-state index in [4.69, 9.17) is 4.74 Å². The monoisotopic (exact) mass is 410 g/mol. The number of carbonyl (C=O) groups is 1. The number of fused-ring (bicyclic) bond motifs is 1. The Hall–Kier alpha value is -2.67. The molecule has 0 aliphatic carbocycles. The van der Waals surface area contributed by atoms with Crippen molar-refractivity contribution in [1.82, 2.24) is 9.97 Å². The van der Waals surface area contributed by atoms with Crippen molar-refractivity contribution in [3.05, 3.63) is 41.5 Å². The number of nitrogens with zero attached hydrogens (tertiary/aromatic N) is 3. The Labute approximate surface area is 174 Å². The molecule has 1 atom stereocenters. The maximum atomic E-state index is 12.9. The minimum absolute atomic E-state index is 0.0590. The van der Waals surface area contributed by atoms with Gasteiger partial charge in [0, 0.05) is 23.7 Å². The Morgan fingerprint density at radius 3 is 2.86 bits per heavy atom. The van der Waals surface area contributed by atoms with Crippen molar-refractivity contribution in [3.63, 3.8) is 0 Å². The highest BCUT2D eigenvalue weighted by Crippen LogP contribution is 2.32. The second-order valence-electron chi connectivity index (χ2n) is 7.21. The van der Waals surface area contributed by atoms with Gasteiger partial charge in [0.25, 0.3) is 0 Å². The molecule has 0 saturated carbocycles. The van der Waals surface area contributed by atoms with Gasteiger partial charge in [-0.2, -0.15) is 0 Å². The zero-order valence-corrected chi connectivity index (χ0v) is 17.7. The number of amides is 1. The molecule has 0 spiro atoms. The molecule has 0 bridgehead atoms. The molecule has 1 aromatic carbocycles. The number of ether oxygens (including phenoxy) is 1. The third-order valence-corrected chi connectivity index (χ3v) is 6.42. The first-order valence-corrected chi connectivity index (χ1v) is 11.0. The van der Waals surface area contributed by atoms with E-state index in [9.17, 15) is 4.79 Å².